The van der Waals surface area contributed by atoms with E-state index in [-0.39, 0.29) is 28.9 Å². The van der Waals surface area contributed by atoms with Gasteiger partial charge in [0.2, 0.25) is 5.91 Å². The van der Waals surface area contributed by atoms with E-state index < -0.39 is 0 Å². The summed E-state index contributed by atoms with van der Waals surface area (Å²) in [5, 5.41) is 3.36. The normalized spacial score (nSPS) is 37.0. The molecule has 5 nitrogen and oxygen atoms in total. The van der Waals surface area contributed by atoms with Crippen LogP contribution in [0.3, 0.4) is 0 Å². The molecule has 4 atom stereocenters. The van der Waals surface area contributed by atoms with E-state index in [0.717, 1.165) is 56.7 Å². The second kappa shape index (κ2) is 7.21. The number of hydrogen-bond acceptors (Lipinski definition) is 4. The van der Waals surface area contributed by atoms with Gasteiger partial charge in [0, 0.05) is 23.9 Å². The van der Waals surface area contributed by atoms with Gasteiger partial charge in [0.15, 0.2) is 0 Å². The number of likely N-dealkylation sites (tertiary alicyclic amines) is 1. The lowest BCUT2D eigenvalue weighted by molar-refractivity contribution is -0.216. The van der Waals surface area contributed by atoms with Crippen LogP contribution in [0.5, 0.6) is 5.75 Å². The number of piperidine rings is 1. The van der Waals surface area contributed by atoms with Crippen LogP contribution in [0, 0.1) is 11.8 Å². The highest BCUT2D eigenvalue weighted by Crippen LogP contribution is 2.59. The van der Waals surface area contributed by atoms with E-state index in [1.165, 1.54) is 30.5 Å². The summed E-state index contributed by atoms with van der Waals surface area (Å²) in [5.74, 6) is 2.29. The number of benzene rings is 1. The van der Waals surface area contributed by atoms with Gasteiger partial charge >= 0.3 is 0 Å². The molecule has 5 aliphatic rings. The van der Waals surface area contributed by atoms with Crippen LogP contribution in [0.25, 0.3) is 0 Å². The van der Waals surface area contributed by atoms with E-state index in [1.807, 2.05) is 0 Å². The van der Waals surface area contributed by atoms with Crippen LogP contribution in [0.15, 0.2) is 18.2 Å². The molecule has 4 fully saturated rings. The highest BCUT2D eigenvalue weighted by molar-refractivity contribution is 5.81. The van der Waals surface area contributed by atoms with Gasteiger partial charge in [-0.3, -0.25) is 9.69 Å². The number of hydrogen-bond donors (Lipinski definition) is 1. The summed E-state index contributed by atoms with van der Waals surface area (Å²) in [6, 6.07) is 7.20. The molecule has 5 heteroatoms. The van der Waals surface area contributed by atoms with Crippen LogP contribution in [0.2, 0.25) is 0 Å². The average molecular weight is 425 g/mol. The van der Waals surface area contributed by atoms with Crippen molar-refractivity contribution in [2.45, 2.75) is 81.4 Å². The highest BCUT2D eigenvalue weighted by Gasteiger charge is 2.66. The summed E-state index contributed by atoms with van der Waals surface area (Å²) in [5.41, 5.74) is 2.63. The molecule has 1 aromatic rings. The van der Waals surface area contributed by atoms with Crippen molar-refractivity contribution in [3.8, 4) is 5.75 Å². The minimum atomic E-state index is -0.180. The van der Waals surface area contributed by atoms with Gasteiger partial charge < -0.3 is 14.8 Å². The molecule has 2 saturated heterocycles. The van der Waals surface area contributed by atoms with Crippen LogP contribution < -0.4 is 10.1 Å². The predicted octanol–water partition coefficient (Wildman–Crippen LogP) is 3.44. The Morgan fingerprint density at radius 1 is 1.29 bits per heavy atom. The number of fused-ring (bicyclic) bond motifs is 1. The second-order valence-electron chi connectivity index (χ2n) is 10.8. The maximum atomic E-state index is 12.6. The Hall–Kier alpha value is -1.59. The Morgan fingerprint density at radius 2 is 2.13 bits per heavy atom. The van der Waals surface area contributed by atoms with Crippen molar-refractivity contribution in [3.05, 3.63) is 29.3 Å². The monoisotopic (exact) mass is 424 g/mol. The van der Waals surface area contributed by atoms with Gasteiger partial charge in [-0.2, -0.15) is 0 Å². The third-order valence-corrected chi connectivity index (χ3v) is 9.01. The fourth-order valence-electron chi connectivity index (χ4n) is 7.12. The third-order valence-electron chi connectivity index (χ3n) is 9.01. The van der Waals surface area contributed by atoms with Gasteiger partial charge in [-0.15, -0.1) is 0 Å². The Labute approximate surface area is 185 Å². The van der Waals surface area contributed by atoms with Gasteiger partial charge in [0.1, 0.15) is 5.75 Å². The van der Waals surface area contributed by atoms with Crippen molar-refractivity contribution in [1.82, 2.24) is 10.2 Å². The largest absolute Gasteiger partial charge is 0.497 e. The maximum absolute atomic E-state index is 12.6. The van der Waals surface area contributed by atoms with E-state index in [4.69, 9.17) is 9.47 Å². The van der Waals surface area contributed by atoms with Gasteiger partial charge in [0.05, 0.1) is 25.4 Å². The fourth-order valence-corrected chi connectivity index (χ4v) is 7.12. The van der Waals surface area contributed by atoms with Crippen LogP contribution >= 0.6 is 0 Å². The zero-order valence-electron chi connectivity index (χ0n) is 19.0. The summed E-state index contributed by atoms with van der Waals surface area (Å²) in [6.45, 7) is 5.31. The number of carbonyl (C=O) groups is 1. The Kier molecular flexibility index (Phi) is 4.66. The highest BCUT2D eigenvalue weighted by atomic mass is 16.5. The summed E-state index contributed by atoms with van der Waals surface area (Å²) in [6.07, 6.45) is 9.00. The smallest absolute Gasteiger partial charge is 0.223 e. The number of nitrogens with zero attached hydrogens (tertiary/aromatic N) is 1. The number of rotatable bonds is 6. The van der Waals surface area contributed by atoms with Gasteiger partial charge in [0.25, 0.3) is 0 Å². The van der Waals surface area contributed by atoms with Crippen LogP contribution in [-0.4, -0.2) is 55.3 Å². The first-order valence-corrected chi connectivity index (χ1v) is 12.4. The first-order chi connectivity index (χ1) is 15.1. The zero-order valence-corrected chi connectivity index (χ0v) is 19.0. The van der Waals surface area contributed by atoms with Crippen molar-refractivity contribution in [2.75, 3.05) is 26.8 Å². The first-order valence-electron chi connectivity index (χ1n) is 12.4. The lowest BCUT2D eigenvalue weighted by Gasteiger charge is -2.66. The van der Waals surface area contributed by atoms with E-state index in [1.54, 1.807) is 7.11 Å². The number of methoxy groups -OCH3 is 1. The van der Waals surface area contributed by atoms with E-state index in [2.05, 4.69) is 35.3 Å². The molecular weight excluding hydrogens is 388 g/mol. The maximum Gasteiger partial charge on any atom is 0.223 e. The first kappa shape index (κ1) is 20.0. The Morgan fingerprint density at radius 3 is 2.84 bits per heavy atom. The van der Waals surface area contributed by atoms with Gasteiger partial charge in [-0.25, -0.2) is 0 Å². The van der Waals surface area contributed by atoms with E-state index in [9.17, 15) is 4.79 Å². The number of nitrogens with one attached hydrogen (secondary N) is 1. The zero-order chi connectivity index (χ0) is 21.2. The molecule has 2 heterocycles. The second-order valence-corrected chi connectivity index (χ2v) is 10.8. The summed E-state index contributed by atoms with van der Waals surface area (Å²) in [4.78, 5) is 15.3. The van der Waals surface area contributed by atoms with Crippen molar-refractivity contribution in [1.29, 1.82) is 0 Å². The number of ether oxygens (including phenoxy) is 2. The molecule has 1 N–H and O–H groups in total. The molecule has 1 unspecified atom stereocenters. The third kappa shape index (κ3) is 3.06. The standard InChI is InChI=1S/C26H36N2O3/c1-3-26-23-12-19-8-9-21(30-2)13-22(19)25(26,10-11-28(23)15-17-4-5-17)14-20(16-31-26)27-24(29)18-6-7-18/h8-9,13,17-18,20,23H,3-7,10-12,14-16H2,1-2H3,(H,27,29)/t20?,23-,25-,26-/m1/s1. The number of amides is 1. The molecule has 2 saturated carbocycles. The minimum Gasteiger partial charge on any atom is -0.497 e. The molecule has 0 aromatic heterocycles. The molecular formula is C26H36N2O3. The molecule has 2 aliphatic heterocycles. The molecule has 6 rings (SSSR count). The quantitative estimate of drug-likeness (QED) is 0.760. The molecule has 1 aromatic carbocycles. The van der Waals surface area contributed by atoms with Crippen molar-refractivity contribution in [2.24, 2.45) is 11.8 Å². The van der Waals surface area contributed by atoms with Crippen LogP contribution in [-0.2, 0) is 21.4 Å². The molecule has 0 radical (unpaired) electrons. The van der Waals surface area contributed by atoms with Crippen molar-refractivity contribution < 1.29 is 14.3 Å². The van der Waals surface area contributed by atoms with Gasteiger partial charge in [-0.1, -0.05) is 13.0 Å². The molecule has 1 amide bonds. The minimum absolute atomic E-state index is 0.0612. The van der Waals surface area contributed by atoms with E-state index >= 15 is 0 Å². The van der Waals surface area contributed by atoms with Crippen molar-refractivity contribution >= 4 is 5.91 Å². The Balaban J connectivity index is 1.41. The van der Waals surface area contributed by atoms with Crippen LogP contribution in [0.1, 0.15) is 63.0 Å². The SMILES string of the molecule is CC[C@]12OCC(NC(=O)C3CC3)C[C@@]13CCN(CC1CC1)[C@@H]2Cc1ccc(OC)cc13. The summed E-state index contributed by atoms with van der Waals surface area (Å²) >= 11 is 0. The summed E-state index contributed by atoms with van der Waals surface area (Å²) < 4.78 is 12.6. The van der Waals surface area contributed by atoms with Crippen LogP contribution in [0.4, 0.5) is 0 Å². The molecule has 31 heavy (non-hydrogen) atoms. The lowest BCUT2D eigenvalue weighted by Crippen LogP contribution is -2.75. The summed E-state index contributed by atoms with van der Waals surface area (Å²) in [7, 11) is 1.76. The van der Waals surface area contributed by atoms with E-state index in [0.29, 0.717) is 12.6 Å². The molecule has 3 aliphatic carbocycles. The van der Waals surface area contributed by atoms with Gasteiger partial charge in [-0.05, 0) is 87.1 Å². The fraction of sp³-hybridized carbons (Fsp3) is 0.731. The number of carbonyl (C=O) groups excluding carboxylic acids is 1. The molecule has 168 valence electrons. The average Bonchev–Trinajstić information content (AvgIpc) is 3.69. The molecule has 0 spiro atoms. The van der Waals surface area contributed by atoms with Crippen molar-refractivity contribution in [3.63, 3.8) is 0 Å². The molecule has 2 bridgehead atoms. The Bertz CT molecular complexity index is 879. The topological polar surface area (TPSA) is 50.8 Å². The predicted molar refractivity (Wildman–Crippen MR) is 119 cm³/mol. The lowest BCUT2D eigenvalue weighted by atomic mass is 9.50.